The van der Waals surface area contributed by atoms with Crippen molar-refractivity contribution in [2.45, 2.75) is 31.3 Å². The summed E-state index contributed by atoms with van der Waals surface area (Å²) < 4.78 is 6.33. The molecule has 0 spiro atoms. The van der Waals surface area contributed by atoms with Crippen LogP contribution in [0.1, 0.15) is 36.5 Å². The van der Waals surface area contributed by atoms with E-state index in [0.717, 1.165) is 19.5 Å². The molecule has 33 heavy (non-hydrogen) atoms. The fraction of sp³-hybridized carbons (Fsp3) is 0.360. The van der Waals surface area contributed by atoms with E-state index >= 15 is 0 Å². The zero-order chi connectivity index (χ0) is 23.4. The van der Waals surface area contributed by atoms with Crippen molar-refractivity contribution in [3.8, 4) is 5.69 Å². The van der Waals surface area contributed by atoms with Crippen molar-refractivity contribution >= 4 is 34.5 Å². The van der Waals surface area contributed by atoms with Crippen molar-refractivity contribution in [1.29, 1.82) is 0 Å². The van der Waals surface area contributed by atoms with Crippen molar-refractivity contribution < 1.29 is 14.3 Å². The Hall–Kier alpha value is -3.13. The van der Waals surface area contributed by atoms with E-state index in [4.69, 9.17) is 4.74 Å². The Morgan fingerprint density at radius 3 is 2.61 bits per heavy atom. The number of carbonyl (C=O) groups excluding carboxylic acids is 2. The van der Waals surface area contributed by atoms with E-state index in [-0.39, 0.29) is 17.2 Å². The molecule has 0 unspecified atom stereocenters. The minimum atomic E-state index is -0.495. The predicted molar refractivity (Wildman–Crippen MR) is 129 cm³/mol. The highest BCUT2D eigenvalue weighted by atomic mass is 32.2. The molecule has 0 radical (unpaired) electrons. The van der Waals surface area contributed by atoms with Gasteiger partial charge in [-0.1, -0.05) is 36.9 Å². The van der Waals surface area contributed by atoms with Gasteiger partial charge in [0, 0.05) is 13.1 Å². The van der Waals surface area contributed by atoms with E-state index in [1.165, 1.54) is 36.3 Å². The number of rotatable bonds is 9. The molecule has 1 saturated carbocycles. The Bertz CT molecular complexity index is 1220. The van der Waals surface area contributed by atoms with E-state index in [2.05, 4.69) is 11.9 Å². The monoisotopic (exact) mass is 465 g/mol. The standard InChI is InChI=1S/C25H27N3O4S/c1-3-13-27(15-17-9-10-17)22(29)16-33-25-26-21-14-18(24(31)32-2)11-12-20(21)23(30)28(25)19-7-5-4-6-8-19/h4-8,11-12,14,17H,3,9-10,13,15-16H2,1-2H3. The van der Waals surface area contributed by atoms with Crippen LogP contribution in [0.2, 0.25) is 0 Å². The Kier molecular flexibility index (Phi) is 7.13. The summed E-state index contributed by atoms with van der Waals surface area (Å²) in [4.78, 5) is 45.0. The number of hydrogen-bond donors (Lipinski definition) is 0. The largest absolute Gasteiger partial charge is 0.465 e. The van der Waals surface area contributed by atoms with E-state index < -0.39 is 5.97 Å². The number of hydrogen-bond acceptors (Lipinski definition) is 6. The normalized spacial score (nSPS) is 13.2. The lowest BCUT2D eigenvalue weighted by Gasteiger charge is -2.22. The minimum absolute atomic E-state index is 0.0472. The fourth-order valence-electron chi connectivity index (χ4n) is 3.73. The summed E-state index contributed by atoms with van der Waals surface area (Å²) >= 11 is 1.25. The molecule has 0 saturated heterocycles. The maximum absolute atomic E-state index is 13.4. The highest BCUT2D eigenvalue weighted by Gasteiger charge is 2.26. The molecule has 0 atom stereocenters. The molecule has 1 amide bonds. The summed E-state index contributed by atoms with van der Waals surface area (Å²) in [5, 5.41) is 0.806. The molecule has 3 aromatic rings. The van der Waals surface area contributed by atoms with Gasteiger partial charge in [0.25, 0.3) is 5.56 Å². The molecule has 7 nitrogen and oxygen atoms in total. The molecule has 8 heteroatoms. The summed E-state index contributed by atoms with van der Waals surface area (Å²) in [6.45, 7) is 3.60. The third kappa shape index (κ3) is 5.27. The quantitative estimate of drug-likeness (QED) is 0.271. The zero-order valence-corrected chi connectivity index (χ0v) is 19.6. The molecule has 1 aromatic heterocycles. The summed E-state index contributed by atoms with van der Waals surface area (Å²) in [7, 11) is 1.31. The topological polar surface area (TPSA) is 81.5 Å². The number of fused-ring (bicyclic) bond motifs is 1. The number of benzene rings is 2. The predicted octanol–water partition coefficient (Wildman–Crippen LogP) is 3.91. The number of esters is 1. The van der Waals surface area contributed by atoms with Crippen LogP contribution in [-0.4, -0.2) is 52.3 Å². The molecule has 1 aliphatic rings. The smallest absolute Gasteiger partial charge is 0.337 e. The summed E-state index contributed by atoms with van der Waals surface area (Å²) in [6, 6.07) is 14.0. The molecular formula is C25H27N3O4S. The van der Waals surface area contributed by atoms with Gasteiger partial charge in [0.1, 0.15) is 0 Å². The lowest BCUT2D eigenvalue weighted by Crippen LogP contribution is -2.35. The lowest BCUT2D eigenvalue weighted by molar-refractivity contribution is -0.128. The van der Waals surface area contributed by atoms with E-state index in [1.54, 1.807) is 18.2 Å². The van der Waals surface area contributed by atoms with Crippen LogP contribution in [-0.2, 0) is 9.53 Å². The second kappa shape index (κ2) is 10.2. The average Bonchev–Trinajstić information content (AvgIpc) is 3.66. The molecule has 0 N–H and O–H groups in total. The Morgan fingerprint density at radius 2 is 1.94 bits per heavy atom. The minimum Gasteiger partial charge on any atom is -0.465 e. The summed E-state index contributed by atoms with van der Waals surface area (Å²) in [5.74, 6) is 0.355. The van der Waals surface area contributed by atoms with Crippen LogP contribution in [0.15, 0.2) is 58.5 Å². The molecule has 0 bridgehead atoms. The Morgan fingerprint density at radius 1 is 1.18 bits per heavy atom. The fourth-order valence-corrected chi connectivity index (χ4v) is 4.64. The van der Waals surface area contributed by atoms with Crippen molar-refractivity contribution in [3.05, 3.63) is 64.4 Å². The van der Waals surface area contributed by atoms with E-state index in [1.807, 2.05) is 35.2 Å². The number of ether oxygens (including phenoxy) is 1. The highest BCUT2D eigenvalue weighted by molar-refractivity contribution is 7.99. The first-order valence-electron chi connectivity index (χ1n) is 11.1. The van der Waals surface area contributed by atoms with Gasteiger partial charge in [0.2, 0.25) is 5.91 Å². The summed E-state index contributed by atoms with van der Waals surface area (Å²) in [6.07, 6.45) is 3.27. The molecule has 172 valence electrons. The van der Waals surface area contributed by atoms with Gasteiger partial charge in [0.15, 0.2) is 5.16 Å². The van der Waals surface area contributed by atoms with Crippen molar-refractivity contribution in [2.75, 3.05) is 26.0 Å². The Labute approximate surface area is 196 Å². The molecule has 1 fully saturated rings. The van der Waals surface area contributed by atoms with Crippen LogP contribution < -0.4 is 5.56 Å². The SMILES string of the molecule is CCCN(CC1CC1)C(=O)CSc1nc2cc(C(=O)OC)ccc2c(=O)n1-c1ccccc1. The molecule has 0 aliphatic heterocycles. The second-order valence-corrected chi connectivity index (χ2v) is 9.11. The lowest BCUT2D eigenvalue weighted by atomic mass is 10.1. The number of nitrogens with zero attached hydrogens (tertiary/aromatic N) is 3. The molecular weight excluding hydrogens is 438 g/mol. The number of aromatic nitrogens is 2. The van der Waals surface area contributed by atoms with Gasteiger partial charge in [0.05, 0.1) is 35.0 Å². The van der Waals surface area contributed by atoms with Crippen molar-refractivity contribution in [3.63, 3.8) is 0 Å². The maximum Gasteiger partial charge on any atom is 0.337 e. The van der Waals surface area contributed by atoms with Gasteiger partial charge in [-0.2, -0.15) is 0 Å². The van der Waals surface area contributed by atoms with Crippen LogP contribution in [0.5, 0.6) is 0 Å². The number of para-hydroxylation sites is 1. The van der Waals surface area contributed by atoms with Crippen molar-refractivity contribution in [2.24, 2.45) is 5.92 Å². The van der Waals surface area contributed by atoms with Crippen LogP contribution in [0.4, 0.5) is 0 Å². The van der Waals surface area contributed by atoms with Gasteiger partial charge in [-0.3, -0.25) is 14.2 Å². The molecule has 1 aliphatic carbocycles. The number of methoxy groups -OCH3 is 1. The number of thioether (sulfide) groups is 1. The van der Waals surface area contributed by atoms with Gasteiger partial charge in [-0.25, -0.2) is 9.78 Å². The van der Waals surface area contributed by atoms with Gasteiger partial charge in [-0.05, 0) is 55.5 Å². The van der Waals surface area contributed by atoms with Crippen LogP contribution >= 0.6 is 11.8 Å². The summed E-state index contributed by atoms with van der Waals surface area (Å²) in [5.41, 5.74) is 1.14. The van der Waals surface area contributed by atoms with Gasteiger partial charge < -0.3 is 9.64 Å². The van der Waals surface area contributed by atoms with Crippen LogP contribution in [0.3, 0.4) is 0 Å². The second-order valence-electron chi connectivity index (χ2n) is 8.17. The highest BCUT2D eigenvalue weighted by Crippen LogP contribution is 2.30. The number of amides is 1. The van der Waals surface area contributed by atoms with Crippen LogP contribution in [0.25, 0.3) is 16.6 Å². The van der Waals surface area contributed by atoms with Gasteiger partial charge in [-0.15, -0.1) is 0 Å². The van der Waals surface area contributed by atoms with Crippen LogP contribution in [0, 0.1) is 5.92 Å². The third-order valence-corrected chi connectivity index (χ3v) is 6.54. The van der Waals surface area contributed by atoms with E-state index in [9.17, 15) is 14.4 Å². The average molecular weight is 466 g/mol. The number of carbonyl (C=O) groups is 2. The zero-order valence-electron chi connectivity index (χ0n) is 18.8. The van der Waals surface area contributed by atoms with Gasteiger partial charge >= 0.3 is 5.97 Å². The first kappa shape index (κ1) is 23.0. The van der Waals surface area contributed by atoms with E-state index in [0.29, 0.717) is 33.2 Å². The first-order valence-corrected chi connectivity index (χ1v) is 12.1. The molecule has 1 heterocycles. The van der Waals surface area contributed by atoms with Crippen molar-refractivity contribution in [1.82, 2.24) is 14.5 Å². The molecule has 4 rings (SSSR count). The Balaban J connectivity index is 1.71. The maximum atomic E-state index is 13.4. The molecule has 2 aromatic carbocycles. The third-order valence-electron chi connectivity index (χ3n) is 5.62. The first-order chi connectivity index (χ1) is 16.0.